The maximum Gasteiger partial charge on any atom is 0.142 e. The maximum atomic E-state index is 15.4. The summed E-state index contributed by atoms with van der Waals surface area (Å²) in [6, 6.07) is 0. The second-order valence-corrected chi connectivity index (χ2v) is 11.6. The summed E-state index contributed by atoms with van der Waals surface area (Å²) in [5.74, 6) is 0. The van der Waals surface area contributed by atoms with Crippen LogP contribution in [0.3, 0.4) is 0 Å². The van der Waals surface area contributed by atoms with Gasteiger partial charge in [-0.15, -0.1) is 0 Å². The van der Waals surface area contributed by atoms with Gasteiger partial charge in [-0.25, -0.2) is 17.6 Å². The van der Waals surface area contributed by atoms with Crippen LogP contribution in [0.2, 0.25) is 0 Å². The lowest BCUT2D eigenvalue weighted by Crippen LogP contribution is -2.46. The molecule has 12 unspecified atom stereocenters. The zero-order chi connectivity index (χ0) is 24.6. The Hall–Kier alpha value is -0.560. The largest absolute Gasteiger partial charge is 0.388 e. The summed E-state index contributed by atoms with van der Waals surface area (Å²) in [7, 11) is 0. The molecule has 6 fully saturated rings. The summed E-state index contributed by atoms with van der Waals surface area (Å²) in [6.07, 6.45) is -6.38. The molecule has 2 aliphatic heterocycles. The van der Waals surface area contributed by atoms with Crippen LogP contribution in [-0.4, -0.2) is 110 Å². The van der Waals surface area contributed by atoms with E-state index in [1.54, 1.807) is 6.92 Å². The molecule has 0 aromatic rings. The molecule has 6 aliphatic rings. The second kappa shape index (κ2) is 8.47. The molecule has 200 valence electrons. The summed E-state index contributed by atoms with van der Waals surface area (Å²) >= 11 is 0. The number of alkyl halides is 4. The number of aliphatic hydroxyl groups excluding tert-OH is 1. The van der Waals surface area contributed by atoms with Gasteiger partial charge in [0.05, 0.1) is 63.6 Å². The minimum Gasteiger partial charge on any atom is -0.388 e. The van der Waals surface area contributed by atoms with Crippen LogP contribution in [0.1, 0.15) is 45.4 Å². The van der Waals surface area contributed by atoms with Crippen LogP contribution in [0.5, 0.6) is 0 Å². The van der Waals surface area contributed by atoms with E-state index in [0.717, 1.165) is 0 Å². The van der Waals surface area contributed by atoms with Crippen LogP contribution in [0.15, 0.2) is 0 Å². The molecule has 1 N–H and O–H groups in total. The summed E-state index contributed by atoms with van der Waals surface area (Å²) in [5.41, 5.74) is -7.38. The number of ether oxygens (including phenoxy) is 6. The zero-order valence-corrected chi connectivity index (χ0v) is 19.8. The van der Waals surface area contributed by atoms with Crippen molar-refractivity contribution >= 4 is 0 Å². The van der Waals surface area contributed by atoms with Gasteiger partial charge in [0.25, 0.3) is 0 Å². The average molecular weight is 511 g/mol. The molecule has 12 atom stereocenters. The Balaban J connectivity index is 0.947. The molecule has 0 radical (unpaired) electrons. The first-order valence-corrected chi connectivity index (χ1v) is 12.7. The minimum atomic E-state index is -1.88. The van der Waals surface area contributed by atoms with Gasteiger partial charge in [-0.05, 0) is 6.92 Å². The van der Waals surface area contributed by atoms with Crippen LogP contribution in [0, 0.1) is 0 Å². The van der Waals surface area contributed by atoms with Crippen LogP contribution in [-0.2, 0) is 28.4 Å². The summed E-state index contributed by atoms with van der Waals surface area (Å²) in [5, 5.41) is 10.3. The van der Waals surface area contributed by atoms with E-state index < -0.39 is 53.2 Å². The van der Waals surface area contributed by atoms with E-state index >= 15 is 17.6 Å². The predicted molar refractivity (Wildman–Crippen MR) is 112 cm³/mol. The Morgan fingerprint density at radius 2 is 1.23 bits per heavy atom. The molecule has 0 aromatic carbocycles. The molecule has 0 aromatic heterocycles. The van der Waals surface area contributed by atoms with E-state index in [1.807, 2.05) is 0 Å². The Labute approximate surface area is 201 Å². The predicted octanol–water partition coefficient (Wildman–Crippen LogP) is 2.30. The highest BCUT2D eigenvalue weighted by Gasteiger charge is 2.69. The Morgan fingerprint density at radius 1 is 0.771 bits per heavy atom. The molecular formula is C24H34F4O7. The highest BCUT2D eigenvalue weighted by atomic mass is 19.2. The zero-order valence-electron chi connectivity index (χ0n) is 19.8. The van der Waals surface area contributed by atoms with Gasteiger partial charge in [0, 0.05) is 38.5 Å². The standard InChI is InChI=1S/C24H34F4O7/c1-13(16-10-31-16)35-20-5-23(27)12-24(20,28)4-18(23)33-7-14(29)6-32-17-2-22(26)11-21(17,25)3-19(22)34-9-15-8-30-15/h13-20,29H,2-12H2,1H3. The van der Waals surface area contributed by atoms with Gasteiger partial charge in [-0.2, -0.15) is 0 Å². The van der Waals surface area contributed by atoms with Gasteiger partial charge < -0.3 is 33.5 Å². The summed E-state index contributed by atoms with van der Waals surface area (Å²) < 4.78 is 94.0. The number of halogens is 4. The van der Waals surface area contributed by atoms with Gasteiger partial charge in [0.15, 0.2) is 0 Å². The molecule has 4 saturated carbocycles. The van der Waals surface area contributed by atoms with Crippen LogP contribution in [0.25, 0.3) is 0 Å². The van der Waals surface area contributed by atoms with Crippen LogP contribution in [0.4, 0.5) is 17.6 Å². The SMILES string of the molecule is CC(OC1CC2(F)CC1(F)CC2OCC(O)COC1CC2(F)CC1(F)CC2OCC1CO1)C1CO1. The number of fused-ring (bicyclic) bond motifs is 4. The molecule has 35 heavy (non-hydrogen) atoms. The van der Waals surface area contributed by atoms with Crippen molar-refractivity contribution in [1.29, 1.82) is 0 Å². The van der Waals surface area contributed by atoms with Crippen molar-refractivity contribution in [3.63, 3.8) is 0 Å². The van der Waals surface area contributed by atoms with Crippen molar-refractivity contribution in [1.82, 2.24) is 0 Å². The van der Waals surface area contributed by atoms with Crippen molar-refractivity contribution in [3.05, 3.63) is 0 Å². The lowest BCUT2D eigenvalue weighted by molar-refractivity contribution is -0.148. The molecule has 0 amide bonds. The van der Waals surface area contributed by atoms with E-state index in [4.69, 9.17) is 28.4 Å². The van der Waals surface area contributed by atoms with Gasteiger partial charge >= 0.3 is 0 Å². The molecule has 4 bridgehead atoms. The average Bonchev–Trinajstić information content (AvgIpc) is 3.69. The normalized spacial score (nSPS) is 53.3. The van der Waals surface area contributed by atoms with Crippen molar-refractivity contribution in [2.75, 3.05) is 33.0 Å². The lowest BCUT2D eigenvalue weighted by atomic mass is 9.91. The van der Waals surface area contributed by atoms with E-state index in [-0.39, 0.29) is 76.7 Å². The Bertz CT molecular complexity index is 817. The highest BCUT2D eigenvalue weighted by Crippen LogP contribution is 2.58. The number of rotatable bonds is 12. The third-order valence-corrected chi connectivity index (χ3v) is 8.71. The number of aliphatic hydroxyl groups is 1. The monoisotopic (exact) mass is 510 g/mol. The van der Waals surface area contributed by atoms with Gasteiger partial charge in [0.1, 0.15) is 41.0 Å². The van der Waals surface area contributed by atoms with Crippen molar-refractivity contribution < 1.29 is 51.1 Å². The summed E-state index contributed by atoms with van der Waals surface area (Å²) in [6.45, 7) is 2.63. The van der Waals surface area contributed by atoms with E-state index in [0.29, 0.717) is 13.2 Å². The molecule has 0 spiro atoms. The number of hydrogen-bond donors (Lipinski definition) is 1. The fraction of sp³-hybridized carbons (Fsp3) is 1.00. The number of epoxide rings is 2. The van der Waals surface area contributed by atoms with Crippen molar-refractivity contribution in [2.45, 2.75) is 117 Å². The quantitative estimate of drug-likeness (QED) is 0.319. The Morgan fingerprint density at radius 3 is 1.66 bits per heavy atom. The Kier molecular flexibility index (Phi) is 5.99. The van der Waals surface area contributed by atoms with Crippen molar-refractivity contribution in [3.8, 4) is 0 Å². The van der Waals surface area contributed by atoms with E-state index in [1.165, 1.54) is 0 Å². The van der Waals surface area contributed by atoms with Crippen LogP contribution < -0.4 is 0 Å². The molecule has 2 heterocycles. The molecule has 4 aliphatic carbocycles. The first kappa shape index (κ1) is 24.8. The van der Waals surface area contributed by atoms with Gasteiger partial charge in [-0.3, -0.25) is 0 Å². The first-order chi connectivity index (χ1) is 16.5. The van der Waals surface area contributed by atoms with Crippen LogP contribution >= 0.6 is 0 Å². The number of hydrogen-bond acceptors (Lipinski definition) is 7. The fourth-order valence-electron chi connectivity index (χ4n) is 6.57. The molecule has 11 heteroatoms. The third-order valence-electron chi connectivity index (χ3n) is 8.71. The first-order valence-electron chi connectivity index (χ1n) is 12.7. The van der Waals surface area contributed by atoms with Crippen molar-refractivity contribution in [2.24, 2.45) is 0 Å². The van der Waals surface area contributed by atoms with Gasteiger partial charge in [0.2, 0.25) is 0 Å². The molecular weight excluding hydrogens is 476 g/mol. The van der Waals surface area contributed by atoms with E-state index in [2.05, 4.69) is 0 Å². The highest BCUT2D eigenvalue weighted by molar-refractivity contribution is 5.19. The maximum absolute atomic E-state index is 15.4. The third kappa shape index (κ3) is 4.64. The smallest absolute Gasteiger partial charge is 0.142 e. The van der Waals surface area contributed by atoms with E-state index in [9.17, 15) is 5.11 Å². The topological polar surface area (TPSA) is 82.2 Å². The lowest BCUT2D eigenvalue weighted by Gasteiger charge is -2.35. The minimum absolute atomic E-state index is 0.0272. The van der Waals surface area contributed by atoms with Gasteiger partial charge in [-0.1, -0.05) is 0 Å². The second-order valence-electron chi connectivity index (χ2n) is 11.6. The summed E-state index contributed by atoms with van der Waals surface area (Å²) in [4.78, 5) is 0. The molecule has 6 rings (SSSR count). The molecule has 2 saturated heterocycles. The molecule has 7 nitrogen and oxygen atoms in total. The fourth-order valence-corrected chi connectivity index (χ4v) is 6.57.